The van der Waals surface area contributed by atoms with E-state index in [9.17, 15) is 0 Å². The third-order valence-electron chi connectivity index (χ3n) is 1.48. The van der Waals surface area contributed by atoms with Crippen molar-refractivity contribution in [2.24, 2.45) is 0 Å². The van der Waals surface area contributed by atoms with Crippen molar-refractivity contribution in [3.63, 3.8) is 0 Å². The SMILES string of the molecule is Cc1noc(CNc2ncc(N)s2)n1. The van der Waals surface area contributed by atoms with E-state index in [1.54, 1.807) is 13.1 Å². The van der Waals surface area contributed by atoms with Gasteiger partial charge in [0.05, 0.1) is 12.7 Å². The summed E-state index contributed by atoms with van der Waals surface area (Å²) < 4.78 is 4.91. The van der Waals surface area contributed by atoms with Crippen LogP contribution in [-0.2, 0) is 6.54 Å². The molecule has 0 aliphatic heterocycles. The standard InChI is InChI=1S/C7H9N5OS/c1-4-11-6(13-12-4)3-10-7-9-2-5(8)14-7/h2H,3,8H2,1H3,(H,9,10). The summed E-state index contributed by atoms with van der Waals surface area (Å²) in [5, 5.41) is 8.12. The second kappa shape index (κ2) is 3.62. The van der Waals surface area contributed by atoms with E-state index in [1.165, 1.54) is 11.3 Å². The number of nitrogen functional groups attached to an aromatic ring is 1. The predicted octanol–water partition coefficient (Wildman–Crippen LogP) is 1.03. The third kappa shape index (κ3) is 1.99. The molecule has 0 atom stereocenters. The average molecular weight is 211 g/mol. The van der Waals surface area contributed by atoms with Gasteiger partial charge in [-0.25, -0.2) is 4.98 Å². The molecule has 7 heteroatoms. The minimum atomic E-state index is 0.466. The number of aromatic nitrogens is 3. The zero-order valence-electron chi connectivity index (χ0n) is 7.52. The molecule has 74 valence electrons. The van der Waals surface area contributed by atoms with E-state index < -0.39 is 0 Å². The van der Waals surface area contributed by atoms with Crippen molar-refractivity contribution in [2.75, 3.05) is 11.1 Å². The van der Waals surface area contributed by atoms with E-state index in [-0.39, 0.29) is 0 Å². The topological polar surface area (TPSA) is 89.9 Å². The monoisotopic (exact) mass is 211 g/mol. The van der Waals surface area contributed by atoms with E-state index in [4.69, 9.17) is 10.3 Å². The molecule has 0 saturated heterocycles. The minimum absolute atomic E-state index is 0.466. The summed E-state index contributed by atoms with van der Waals surface area (Å²) >= 11 is 1.38. The van der Waals surface area contributed by atoms with Crippen LogP contribution >= 0.6 is 11.3 Å². The van der Waals surface area contributed by atoms with Gasteiger partial charge in [-0.2, -0.15) is 4.98 Å². The first kappa shape index (κ1) is 8.95. The smallest absolute Gasteiger partial charge is 0.246 e. The Morgan fingerprint density at radius 2 is 2.50 bits per heavy atom. The molecule has 0 radical (unpaired) electrons. The quantitative estimate of drug-likeness (QED) is 0.788. The summed E-state index contributed by atoms with van der Waals surface area (Å²) in [5.74, 6) is 1.16. The highest BCUT2D eigenvalue weighted by atomic mass is 32.1. The maximum Gasteiger partial charge on any atom is 0.246 e. The van der Waals surface area contributed by atoms with Gasteiger partial charge in [0.25, 0.3) is 0 Å². The Hall–Kier alpha value is -1.63. The van der Waals surface area contributed by atoms with E-state index in [2.05, 4.69) is 20.4 Å². The summed E-state index contributed by atoms with van der Waals surface area (Å²) in [6.45, 7) is 2.24. The number of aryl methyl sites for hydroxylation is 1. The van der Waals surface area contributed by atoms with Crippen LogP contribution < -0.4 is 11.1 Å². The fourth-order valence-corrected chi connectivity index (χ4v) is 1.51. The first-order chi connectivity index (χ1) is 6.74. The van der Waals surface area contributed by atoms with Crippen LogP contribution in [-0.4, -0.2) is 15.1 Å². The zero-order chi connectivity index (χ0) is 9.97. The second-order valence-electron chi connectivity index (χ2n) is 2.66. The Morgan fingerprint density at radius 1 is 1.64 bits per heavy atom. The molecule has 2 heterocycles. The Balaban J connectivity index is 1.94. The molecule has 0 fully saturated rings. The highest BCUT2D eigenvalue weighted by molar-refractivity contribution is 7.19. The lowest BCUT2D eigenvalue weighted by atomic mass is 10.6. The number of nitrogens with zero attached hydrogens (tertiary/aromatic N) is 3. The van der Waals surface area contributed by atoms with Crippen LogP contribution in [0.15, 0.2) is 10.7 Å². The van der Waals surface area contributed by atoms with Crippen molar-refractivity contribution in [2.45, 2.75) is 13.5 Å². The fraction of sp³-hybridized carbons (Fsp3) is 0.286. The highest BCUT2D eigenvalue weighted by Gasteiger charge is 2.03. The van der Waals surface area contributed by atoms with Gasteiger partial charge in [0, 0.05) is 0 Å². The summed E-state index contributed by atoms with van der Waals surface area (Å²) in [7, 11) is 0. The van der Waals surface area contributed by atoms with Crippen LogP contribution in [0, 0.1) is 6.92 Å². The Labute approximate surface area is 84.2 Å². The molecule has 2 aromatic heterocycles. The fourth-order valence-electron chi connectivity index (χ4n) is 0.931. The van der Waals surface area contributed by atoms with Gasteiger partial charge in [-0.05, 0) is 6.92 Å². The number of rotatable bonds is 3. The van der Waals surface area contributed by atoms with Crippen molar-refractivity contribution >= 4 is 21.5 Å². The van der Waals surface area contributed by atoms with Gasteiger partial charge in [-0.15, -0.1) is 0 Å². The number of nitrogens with one attached hydrogen (secondary N) is 1. The summed E-state index contributed by atoms with van der Waals surface area (Å²) in [6.07, 6.45) is 1.60. The first-order valence-corrected chi connectivity index (χ1v) is 4.80. The Bertz CT molecular complexity index is 383. The van der Waals surface area contributed by atoms with Crippen molar-refractivity contribution in [3.05, 3.63) is 17.9 Å². The molecular weight excluding hydrogens is 202 g/mol. The van der Waals surface area contributed by atoms with Crippen molar-refractivity contribution in [1.29, 1.82) is 0 Å². The summed E-state index contributed by atoms with van der Waals surface area (Å²) in [4.78, 5) is 8.07. The van der Waals surface area contributed by atoms with Crippen LogP contribution in [0.4, 0.5) is 10.1 Å². The zero-order valence-corrected chi connectivity index (χ0v) is 8.34. The molecule has 6 nitrogen and oxygen atoms in total. The molecule has 0 bridgehead atoms. The molecule has 0 amide bonds. The van der Waals surface area contributed by atoms with Gasteiger partial charge in [0.1, 0.15) is 5.00 Å². The molecule has 0 aliphatic rings. The molecule has 0 aromatic carbocycles. The number of hydrogen-bond acceptors (Lipinski definition) is 7. The molecule has 0 spiro atoms. The van der Waals surface area contributed by atoms with Gasteiger partial charge >= 0.3 is 0 Å². The number of thiazole rings is 1. The lowest BCUT2D eigenvalue weighted by molar-refractivity contribution is 0.379. The maximum atomic E-state index is 5.52. The molecule has 14 heavy (non-hydrogen) atoms. The maximum absolute atomic E-state index is 5.52. The van der Waals surface area contributed by atoms with Crippen LogP contribution in [0.1, 0.15) is 11.7 Å². The molecule has 2 aromatic rings. The van der Waals surface area contributed by atoms with Crippen LogP contribution in [0.5, 0.6) is 0 Å². The number of anilines is 2. The van der Waals surface area contributed by atoms with Crippen molar-refractivity contribution in [1.82, 2.24) is 15.1 Å². The molecule has 2 rings (SSSR count). The van der Waals surface area contributed by atoms with Gasteiger partial charge in [-0.1, -0.05) is 16.5 Å². The third-order valence-corrected chi connectivity index (χ3v) is 2.27. The van der Waals surface area contributed by atoms with Crippen molar-refractivity contribution < 1.29 is 4.52 Å². The molecule has 3 N–H and O–H groups in total. The summed E-state index contributed by atoms with van der Waals surface area (Å²) in [6, 6.07) is 0. The number of nitrogens with two attached hydrogens (primary N) is 1. The van der Waals surface area contributed by atoms with E-state index in [0.29, 0.717) is 23.3 Å². The Kier molecular flexibility index (Phi) is 2.32. The summed E-state index contributed by atoms with van der Waals surface area (Å²) in [5.41, 5.74) is 5.52. The van der Waals surface area contributed by atoms with E-state index >= 15 is 0 Å². The van der Waals surface area contributed by atoms with Crippen LogP contribution in [0.25, 0.3) is 0 Å². The van der Waals surface area contributed by atoms with Crippen LogP contribution in [0.3, 0.4) is 0 Å². The van der Waals surface area contributed by atoms with E-state index in [1.807, 2.05) is 0 Å². The molecular formula is C7H9N5OS. The second-order valence-corrected chi connectivity index (χ2v) is 3.72. The molecule has 0 aliphatic carbocycles. The average Bonchev–Trinajstić information content (AvgIpc) is 2.72. The minimum Gasteiger partial charge on any atom is -0.389 e. The van der Waals surface area contributed by atoms with Crippen molar-refractivity contribution in [3.8, 4) is 0 Å². The first-order valence-electron chi connectivity index (χ1n) is 3.98. The molecule has 0 saturated carbocycles. The number of hydrogen-bond donors (Lipinski definition) is 2. The van der Waals surface area contributed by atoms with Gasteiger partial charge < -0.3 is 15.6 Å². The normalized spacial score (nSPS) is 10.4. The highest BCUT2D eigenvalue weighted by Crippen LogP contribution is 2.19. The van der Waals surface area contributed by atoms with Gasteiger partial charge in [0.2, 0.25) is 5.89 Å². The molecule has 0 unspecified atom stereocenters. The lowest BCUT2D eigenvalue weighted by Crippen LogP contribution is -1.98. The predicted molar refractivity (Wildman–Crippen MR) is 52.9 cm³/mol. The van der Waals surface area contributed by atoms with E-state index in [0.717, 1.165) is 5.13 Å². The van der Waals surface area contributed by atoms with Gasteiger partial charge in [0.15, 0.2) is 11.0 Å². The van der Waals surface area contributed by atoms with Gasteiger partial charge in [-0.3, -0.25) is 0 Å². The Morgan fingerprint density at radius 3 is 3.07 bits per heavy atom. The largest absolute Gasteiger partial charge is 0.389 e. The van der Waals surface area contributed by atoms with Crippen LogP contribution in [0.2, 0.25) is 0 Å². The lowest BCUT2D eigenvalue weighted by Gasteiger charge is -1.95.